The Morgan fingerprint density at radius 2 is 1.62 bits per heavy atom. The van der Waals surface area contributed by atoms with E-state index in [0.717, 1.165) is 22.3 Å². The molecular formula is C20H21N3O6. The summed E-state index contributed by atoms with van der Waals surface area (Å²) in [4.78, 5) is 39.0. The van der Waals surface area contributed by atoms with Crippen LogP contribution in [-0.4, -0.2) is 48.9 Å². The van der Waals surface area contributed by atoms with Gasteiger partial charge in [-0.3, -0.25) is 9.63 Å². The standard InChI is InChI=1S/C20H21N3O6/c21-29-11-18(24)22-9-17(19(25)26)23-20(27)28-10-16-14-7-3-1-5-12(14)13-6-2-4-8-15(13)16/h1-8,16-17H,9-11,21H2,(H,22,24)(H,23,27)(H,25,26)/t17-/m0/s1. The normalized spacial score (nSPS) is 13.1. The first-order valence-corrected chi connectivity index (χ1v) is 8.94. The van der Waals surface area contributed by atoms with Gasteiger partial charge >= 0.3 is 12.1 Å². The van der Waals surface area contributed by atoms with E-state index in [1.807, 2.05) is 48.5 Å². The number of carbonyl (C=O) groups excluding carboxylic acids is 2. The van der Waals surface area contributed by atoms with Gasteiger partial charge in [0.1, 0.15) is 19.3 Å². The number of benzene rings is 2. The van der Waals surface area contributed by atoms with E-state index in [1.165, 1.54) is 0 Å². The van der Waals surface area contributed by atoms with Gasteiger partial charge in [0, 0.05) is 12.5 Å². The smallest absolute Gasteiger partial charge is 0.407 e. The molecule has 1 atom stereocenters. The Labute approximate surface area is 166 Å². The number of carboxylic acids is 1. The second-order valence-corrected chi connectivity index (χ2v) is 6.48. The van der Waals surface area contributed by atoms with Gasteiger partial charge in [-0.1, -0.05) is 48.5 Å². The number of fused-ring (bicyclic) bond motifs is 3. The van der Waals surface area contributed by atoms with E-state index in [2.05, 4.69) is 15.5 Å². The molecule has 152 valence electrons. The summed E-state index contributed by atoms with van der Waals surface area (Å²) in [5.41, 5.74) is 4.27. The Morgan fingerprint density at radius 3 is 2.17 bits per heavy atom. The highest BCUT2D eigenvalue weighted by molar-refractivity contribution is 5.82. The molecular weight excluding hydrogens is 378 g/mol. The molecule has 0 spiro atoms. The Balaban J connectivity index is 1.61. The molecule has 0 fully saturated rings. The zero-order valence-electron chi connectivity index (χ0n) is 15.5. The second kappa shape index (κ2) is 9.18. The third-order valence-electron chi connectivity index (χ3n) is 4.65. The Morgan fingerprint density at radius 1 is 1.03 bits per heavy atom. The van der Waals surface area contributed by atoms with Crippen LogP contribution in [0.3, 0.4) is 0 Å². The molecule has 9 nitrogen and oxygen atoms in total. The minimum absolute atomic E-state index is 0.0551. The predicted octanol–water partition coefficient (Wildman–Crippen LogP) is 0.985. The summed E-state index contributed by atoms with van der Waals surface area (Å²) >= 11 is 0. The van der Waals surface area contributed by atoms with E-state index in [0.29, 0.717) is 0 Å². The molecule has 1 aliphatic carbocycles. The molecule has 0 bridgehead atoms. The van der Waals surface area contributed by atoms with Gasteiger partial charge in [0.05, 0.1) is 0 Å². The van der Waals surface area contributed by atoms with E-state index in [-0.39, 0.29) is 19.1 Å². The van der Waals surface area contributed by atoms with Crippen LogP contribution in [0.5, 0.6) is 0 Å². The summed E-state index contributed by atoms with van der Waals surface area (Å²) < 4.78 is 5.30. The van der Waals surface area contributed by atoms with Crippen molar-refractivity contribution in [1.82, 2.24) is 10.6 Å². The number of nitrogens with one attached hydrogen (secondary N) is 2. The maximum absolute atomic E-state index is 12.2. The van der Waals surface area contributed by atoms with Crippen molar-refractivity contribution in [2.75, 3.05) is 19.8 Å². The van der Waals surface area contributed by atoms with Gasteiger partial charge < -0.3 is 20.5 Å². The highest BCUT2D eigenvalue weighted by atomic mass is 16.6. The van der Waals surface area contributed by atoms with Crippen LogP contribution in [0, 0.1) is 0 Å². The zero-order chi connectivity index (χ0) is 20.8. The van der Waals surface area contributed by atoms with Crippen molar-refractivity contribution in [3.05, 3.63) is 59.7 Å². The minimum Gasteiger partial charge on any atom is -0.480 e. The van der Waals surface area contributed by atoms with E-state index in [9.17, 15) is 19.5 Å². The molecule has 0 saturated heterocycles. The first-order valence-electron chi connectivity index (χ1n) is 8.94. The van der Waals surface area contributed by atoms with Gasteiger partial charge in [-0.05, 0) is 22.3 Å². The van der Waals surface area contributed by atoms with Crippen molar-refractivity contribution in [3.63, 3.8) is 0 Å². The third kappa shape index (κ3) is 4.71. The number of ether oxygens (including phenoxy) is 1. The van der Waals surface area contributed by atoms with Crippen molar-refractivity contribution in [1.29, 1.82) is 0 Å². The minimum atomic E-state index is -1.35. The molecule has 5 N–H and O–H groups in total. The Kier molecular flexibility index (Phi) is 6.43. The number of carboxylic acid groups (broad SMARTS) is 1. The lowest BCUT2D eigenvalue weighted by molar-refractivity contribution is -0.139. The molecule has 0 aromatic heterocycles. The summed E-state index contributed by atoms with van der Waals surface area (Å²) in [5.74, 6) is 2.72. The van der Waals surface area contributed by atoms with Crippen LogP contribution in [-0.2, 0) is 19.2 Å². The van der Waals surface area contributed by atoms with Crippen molar-refractivity contribution < 1.29 is 29.1 Å². The molecule has 0 radical (unpaired) electrons. The van der Waals surface area contributed by atoms with E-state index < -0.39 is 30.6 Å². The molecule has 9 heteroatoms. The SMILES string of the molecule is NOCC(=O)NC[C@H](NC(=O)OCC1c2ccccc2-c2ccccc21)C(=O)O. The van der Waals surface area contributed by atoms with Crippen LogP contribution >= 0.6 is 0 Å². The fourth-order valence-electron chi connectivity index (χ4n) is 3.33. The van der Waals surface area contributed by atoms with Gasteiger partial charge in [0.15, 0.2) is 0 Å². The predicted molar refractivity (Wildman–Crippen MR) is 103 cm³/mol. The fraction of sp³-hybridized carbons (Fsp3) is 0.250. The van der Waals surface area contributed by atoms with Crippen LogP contribution in [0.25, 0.3) is 11.1 Å². The molecule has 2 aromatic rings. The lowest BCUT2D eigenvalue weighted by Gasteiger charge is -2.17. The maximum atomic E-state index is 12.2. The number of alkyl carbamates (subject to hydrolysis) is 1. The number of carbonyl (C=O) groups is 3. The molecule has 2 amide bonds. The van der Waals surface area contributed by atoms with Crippen molar-refractivity contribution in [2.24, 2.45) is 5.90 Å². The fourth-order valence-corrected chi connectivity index (χ4v) is 3.33. The number of hydrogen-bond acceptors (Lipinski definition) is 6. The average Bonchev–Trinajstić information content (AvgIpc) is 3.03. The quantitative estimate of drug-likeness (QED) is 0.485. The van der Waals surface area contributed by atoms with E-state index in [4.69, 9.17) is 10.6 Å². The van der Waals surface area contributed by atoms with E-state index >= 15 is 0 Å². The summed E-state index contributed by atoms with van der Waals surface area (Å²) in [6, 6.07) is 14.4. The van der Waals surface area contributed by atoms with Gasteiger partial charge in [-0.25, -0.2) is 15.5 Å². The van der Waals surface area contributed by atoms with Gasteiger partial charge in [-0.2, -0.15) is 0 Å². The molecule has 2 aromatic carbocycles. The van der Waals surface area contributed by atoms with Crippen molar-refractivity contribution in [2.45, 2.75) is 12.0 Å². The second-order valence-electron chi connectivity index (χ2n) is 6.48. The monoisotopic (exact) mass is 399 g/mol. The summed E-state index contributed by atoms with van der Waals surface area (Å²) in [5, 5.41) is 13.8. The summed E-state index contributed by atoms with van der Waals surface area (Å²) in [6.07, 6.45) is -0.886. The van der Waals surface area contributed by atoms with Gasteiger partial charge in [-0.15, -0.1) is 0 Å². The summed E-state index contributed by atoms with van der Waals surface area (Å²) in [7, 11) is 0. The average molecular weight is 399 g/mol. The number of hydrogen-bond donors (Lipinski definition) is 4. The Hall–Kier alpha value is -3.43. The van der Waals surface area contributed by atoms with Crippen LogP contribution in [0.2, 0.25) is 0 Å². The molecule has 0 heterocycles. The molecule has 0 unspecified atom stereocenters. The molecule has 29 heavy (non-hydrogen) atoms. The Bertz CT molecular complexity index is 871. The van der Waals surface area contributed by atoms with Crippen LogP contribution in [0.4, 0.5) is 4.79 Å². The molecule has 0 aliphatic heterocycles. The largest absolute Gasteiger partial charge is 0.480 e. The van der Waals surface area contributed by atoms with Gasteiger partial charge in [0.25, 0.3) is 0 Å². The lowest BCUT2D eigenvalue weighted by Crippen LogP contribution is -2.49. The first-order chi connectivity index (χ1) is 14.0. The zero-order valence-corrected chi connectivity index (χ0v) is 15.5. The van der Waals surface area contributed by atoms with Crippen LogP contribution < -0.4 is 16.5 Å². The molecule has 3 rings (SSSR count). The number of rotatable bonds is 8. The first kappa shape index (κ1) is 20.3. The number of nitrogens with two attached hydrogens (primary N) is 1. The highest BCUT2D eigenvalue weighted by Crippen LogP contribution is 2.44. The maximum Gasteiger partial charge on any atom is 0.407 e. The van der Waals surface area contributed by atoms with Crippen LogP contribution in [0.1, 0.15) is 17.0 Å². The number of amides is 2. The van der Waals surface area contributed by atoms with Crippen molar-refractivity contribution in [3.8, 4) is 11.1 Å². The molecule has 0 saturated carbocycles. The van der Waals surface area contributed by atoms with Gasteiger partial charge in [0.2, 0.25) is 5.91 Å². The topological polar surface area (TPSA) is 140 Å². The number of aliphatic carboxylic acids is 1. The highest BCUT2D eigenvalue weighted by Gasteiger charge is 2.29. The molecule has 1 aliphatic rings. The lowest BCUT2D eigenvalue weighted by atomic mass is 9.98. The summed E-state index contributed by atoms with van der Waals surface area (Å²) in [6.45, 7) is -0.696. The van der Waals surface area contributed by atoms with E-state index in [1.54, 1.807) is 0 Å². The van der Waals surface area contributed by atoms with Crippen molar-refractivity contribution >= 4 is 18.0 Å². The van der Waals surface area contributed by atoms with Crippen LogP contribution in [0.15, 0.2) is 48.5 Å². The third-order valence-corrected chi connectivity index (χ3v) is 4.65.